The maximum atomic E-state index is 12.3. The van der Waals surface area contributed by atoms with Crippen LogP contribution < -0.4 is 5.73 Å². The van der Waals surface area contributed by atoms with E-state index in [1.807, 2.05) is 26.1 Å². The lowest BCUT2D eigenvalue weighted by atomic mass is 10.1. The molecule has 1 aromatic carbocycles. The zero-order valence-corrected chi connectivity index (χ0v) is 11.0. The first kappa shape index (κ1) is 12.9. The summed E-state index contributed by atoms with van der Waals surface area (Å²) >= 11 is 0. The standard InChI is InChI=1S/C14H20N2O2/c1-10-3-4-12(15)7-13(10)14(17)16(2)8-11-5-6-18-9-11/h3-4,7,11H,5-6,8-9,15H2,1-2H3. The number of hydrogen-bond acceptors (Lipinski definition) is 3. The van der Waals surface area contributed by atoms with Gasteiger partial charge in [-0.05, 0) is 31.0 Å². The molecule has 1 saturated heterocycles. The number of nitrogens with two attached hydrogens (primary N) is 1. The molecule has 1 heterocycles. The Morgan fingerprint density at radius 1 is 1.56 bits per heavy atom. The van der Waals surface area contributed by atoms with Crippen LogP contribution in [0.5, 0.6) is 0 Å². The maximum Gasteiger partial charge on any atom is 0.253 e. The molecule has 1 aromatic rings. The van der Waals surface area contributed by atoms with E-state index in [-0.39, 0.29) is 5.91 Å². The Balaban J connectivity index is 2.07. The van der Waals surface area contributed by atoms with Gasteiger partial charge in [0.25, 0.3) is 5.91 Å². The highest BCUT2D eigenvalue weighted by Crippen LogP contribution is 2.17. The van der Waals surface area contributed by atoms with Crippen LogP contribution in [0, 0.1) is 12.8 Å². The van der Waals surface area contributed by atoms with E-state index in [4.69, 9.17) is 10.5 Å². The largest absolute Gasteiger partial charge is 0.399 e. The van der Waals surface area contributed by atoms with Crippen LogP contribution in [0.4, 0.5) is 5.69 Å². The van der Waals surface area contributed by atoms with Crippen molar-refractivity contribution in [3.8, 4) is 0 Å². The van der Waals surface area contributed by atoms with E-state index in [0.717, 1.165) is 31.7 Å². The van der Waals surface area contributed by atoms with Gasteiger partial charge < -0.3 is 15.4 Å². The lowest BCUT2D eigenvalue weighted by Crippen LogP contribution is -2.32. The Kier molecular flexibility index (Phi) is 3.87. The third-order valence-electron chi connectivity index (χ3n) is 3.39. The lowest BCUT2D eigenvalue weighted by molar-refractivity contribution is 0.0765. The highest BCUT2D eigenvalue weighted by molar-refractivity contribution is 5.96. The number of nitrogen functional groups attached to an aromatic ring is 1. The lowest BCUT2D eigenvalue weighted by Gasteiger charge is -2.21. The first-order chi connectivity index (χ1) is 8.58. The predicted octanol–water partition coefficient (Wildman–Crippen LogP) is 1.69. The molecule has 4 heteroatoms. The minimum Gasteiger partial charge on any atom is -0.399 e. The molecule has 1 aliphatic heterocycles. The van der Waals surface area contributed by atoms with Gasteiger partial charge in [0.1, 0.15) is 0 Å². The van der Waals surface area contributed by atoms with Crippen molar-refractivity contribution in [2.45, 2.75) is 13.3 Å². The number of amides is 1. The van der Waals surface area contributed by atoms with Crippen molar-refractivity contribution in [2.24, 2.45) is 5.92 Å². The summed E-state index contributed by atoms with van der Waals surface area (Å²) in [5, 5.41) is 0. The quantitative estimate of drug-likeness (QED) is 0.828. The number of aryl methyl sites for hydroxylation is 1. The molecule has 2 rings (SSSR count). The highest BCUT2D eigenvalue weighted by atomic mass is 16.5. The van der Waals surface area contributed by atoms with E-state index in [0.29, 0.717) is 17.2 Å². The molecular formula is C14H20N2O2. The number of rotatable bonds is 3. The van der Waals surface area contributed by atoms with Gasteiger partial charge in [0.05, 0.1) is 6.61 Å². The number of hydrogen-bond donors (Lipinski definition) is 1. The van der Waals surface area contributed by atoms with E-state index in [2.05, 4.69) is 0 Å². The topological polar surface area (TPSA) is 55.6 Å². The SMILES string of the molecule is Cc1ccc(N)cc1C(=O)N(C)CC1CCOC1. The van der Waals surface area contributed by atoms with Gasteiger partial charge in [-0.2, -0.15) is 0 Å². The summed E-state index contributed by atoms with van der Waals surface area (Å²) in [5.74, 6) is 0.493. The van der Waals surface area contributed by atoms with Gasteiger partial charge in [-0.15, -0.1) is 0 Å². The second-order valence-corrected chi connectivity index (χ2v) is 4.99. The zero-order valence-electron chi connectivity index (χ0n) is 11.0. The van der Waals surface area contributed by atoms with Crippen LogP contribution in [0.3, 0.4) is 0 Å². The number of nitrogens with zero attached hydrogens (tertiary/aromatic N) is 1. The van der Waals surface area contributed by atoms with Crippen molar-refractivity contribution >= 4 is 11.6 Å². The number of carbonyl (C=O) groups is 1. The molecule has 1 unspecified atom stereocenters. The summed E-state index contributed by atoms with van der Waals surface area (Å²) in [6.45, 7) is 4.24. The normalized spacial score (nSPS) is 18.9. The monoisotopic (exact) mass is 248 g/mol. The van der Waals surface area contributed by atoms with E-state index in [1.54, 1.807) is 11.0 Å². The molecule has 2 N–H and O–H groups in total. The van der Waals surface area contributed by atoms with Gasteiger partial charge in [0, 0.05) is 37.4 Å². The van der Waals surface area contributed by atoms with Gasteiger partial charge in [-0.25, -0.2) is 0 Å². The van der Waals surface area contributed by atoms with Gasteiger partial charge in [0.2, 0.25) is 0 Å². The van der Waals surface area contributed by atoms with Crippen molar-refractivity contribution in [2.75, 3.05) is 32.5 Å². The maximum absolute atomic E-state index is 12.3. The van der Waals surface area contributed by atoms with Crippen LogP contribution in [0.15, 0.2) is 18.2 Å². The summed E-state index contributed by atoms with van der Waals surface area (Å²) in [4.78, 5) is 14.1. The second kappa shape index (κ2) is 5.40. The molecule has 1 atom stereocenters. The van der Waals surface area contributed by atoms with E-state index in [1.165, 1.54) is 0 Å². The molecule has 18 heavy (non-hydrogen) atoms. The van der Waals surface area contributed by atoms with Crippen molar-refractivity contribution in [3.05, 3.63) is 29.3 Å². The first-order valence-corrected chi connectivity index (χ1v) is 6.27. The third kappa shape index (κ3) is 2.82. The summed E-state index contributed by atoms with van der Waals surface area (Å²) < 4.78 is 5.33. The number of ether oxygens (including phenoxy) is 1. The van der Waals surface area contributed by atoms with Crippen LogP contribution >= 0.6 is 0 Å². The fraction of sp³-hybridized carbons (Fsp3) is 0.500. The molecule has 98 valence electrons. The Labute approximate surface area is 108 Å². The smallest absolute Gasteiger partial charge is 0.253 e. The molecular weight excluding hydrogens is 228 g/mol. The van der Waals surface area contributed by atoms with Crippen molar-refractivity contribution < 1.29 is 9.53 Å². The first-order valence-electron chi connectivity index (χ1n) is 6.27. The minimum absolute atomic E-state index is 0.0340. The molecule has 0 aliphatic carbocycles. The molecule has 0 aromatic heterocycles. The van der Waals surface area contributed by atoms with E-state index < -0.39 is 0 Å². The van der Waals surface area contributed by atoms with Crippen LogP contribution in [0.1, 0.15) is 22.3 Å². The van der Waals surface area contributed by atoms with Crippen LogP contribution in [0.25, 0.3) is 0 Å². The Hall–Kier alpha value is -1.55. The Morgan fingerprint density at radius 2 is 2.33 bits per heavy atom. The molecule has 0 saturated carbocycles. The fourth-order valence-electron chi connectivity index (χ4n) is 2.27. The van der Waals surface area contributed by atoms with Gasteiger partial charge in [-0.1, -0.05) is 6.07 Å². The number of benzene rings is 1. The van der Waals surface area contributed by atoms with Crippen molar-refractivity contribution in [1.29, 1.82) is 0 Å². The van der Waals surface area contributed by atoms with Crippen LogP contribution in [0.2, 0.25) is 0 Å². The summed E-state index contributed by atoms with van der Waals surface area (Å²) in [5.41, 5.74) is 8.02. The van der Waals surface area contributed by atoms with Gasteiger partial charge in [-0.3, -0.25) is 4.79 Å². The zero-order chi connectivity index (χ0) is 13.1. The predicted molar refractivity (Wildman–Crippen MR) is 71.5 cm³/mol. The number of carbonyl (C=O) groups excluding carboxylic acids is 1. The Morgan fingerprint density at radius 3 is 3.00 bits per heavy atom. The highest BCUT2D eigenvalue weighted by Gasteiger charge is 2.21. The average molecular weight is 248 g/mol. The summed E-state index contributed by atoms with van der Waals surface area (Å²) in [6, 6.07) is 5.45. The van der Waals surface area contributed by atoms with E-state index >= 15 is 0 Å². The molecule has 1 amide bonds. The minimum atomic E-state index is 0.0340. The molecule has 4 nitrogen and oxygen atoms in total. The Bertz CT molecular complexity index is 439. The molecule has 1 aliphatic rings. The van der Waals surface area contributed by atoms with Crippen LogP contribution in [-0.2, 0) is 4.74 Å². The van der Waals surface area contributed by atoms with Crippen molar-refractivity contribution in [3.63, 3.8) is 0 Å². The molecule has 0 spiro atoms. The molecule has 1 fully saturated rings. The van der Waals surface area contributed by atoms with Gasteiger partial charge in [0.15, 0.2) is 0 Å². The van der Waals surface area contributed by atoms with Crippen LogP contribution in [-0.4, -0.2) is 37.6 Å². The molecule has 0 bridgehead atoms. The fourth-order valence-corrected chi connectivity index (χ4v) is 2.27. The van der Waals surface area contributed by atoms with E-state index in [9.17, 15) is 4.79 Å². The molecule has 0 radical (unpaired) electrons. The van der Waals surface area contributed by atoms with Gasteiger partial charge >= 0.3 is 0 Å². The average Bonchev–Trinajstić information content (AvgIpc) is 2.84. The number of anilines is 1. The van der Waals surface area contributed by atoms with Crippen molar-refractivity contribution in [1.82, 2.24) is 4.90 Å². The third-order valence-corrected chi connectivity index (χ3v) is 3.39. The summed E-state index contributed by atoms with van der Waals surface area (Å²) in [7, 11) is 1.84. The second-order valence-electron chi connectivity index (χ2n) is 4.99. The summed E-state index contributed by atoms with van der Waals surface area (Å²) in [6.07, 6.45) is 1.04.